The van der Waals surface area contributed by atoms with Crippen LogP contribution in [0.2, 0.25) is 5.02 Å². The van der Waals surface area contributed by atoms with Gasteiger partial charge in [-0.05, 0) is 35.1 Å². The van der Waals surface area contributed by atoms with E-state index in [0.29, 0.717) is 0 Å². The second-order valence-corrected chi connectivity index (χ2v) is 4.97. The highest BCUT2D eigenvalue weighted by Crippen LogP contribution is 2.36. The number of hydrogen-bond donors (Lipinski definition) is 1. The molecular formula is C12H10ClNS. The van der Waals surface area contributed by atoms with E-state index in [1.165, 1.54) is 16.8 Å². The number of benzene rings is 1. The summed E-state index contributed by atoms with van der Waals surface area (Å²) in [7, 11) is 0. The van der Waals surface area contributed by atoms with Crippen molar-refractivity contribution in [1.29, 1.82) is 0 Å². The Labute approximate surface area is 97.7 Å². The van der Waals surface area contributed by atoms with Gasteiger partial charge in [-0.1, -0.05) is 23.7 Å². The van der Waals surface area contributed by atoms with Crippen molar-refractivity contribution in [3.8, 4) is 10.4 Å². The van der Waals surface area contributed by atoms with Gasteiger partial charge in [0.2, 0.25) is 0 Å². The van der Waals surface area contributed by atoms with E-state index in [9.17, 15) is 0 Å². The van der Waals surface area contributed by atoms with Crippen molar-refractivity contribution in [2.24, 2.45) is 0 Å². The van der Waals surface area contributed by atoms with Gasteiger partial charge in [0.25, 0.3) is 0 Å². The molecule has 2 heterocycles. The molecule has 1 aromatic heterocycles. The van der Waals surface area contributed by atoms with Crippen LogP contribution in [0.15, 0.2) is 29.6 Å². The Balaban J connectivity index is 2.11. The number of rotatable bonds is 1. The van der Waals surface area contributed by atoms with Crippen molar-refractivity contribution in [3.63, 3.8) is 0 Å². The minimum Gasteiger partial charge on any atom is -0.384 e. The molecule has 0 unspecified atom stereocenters. The monoisotopic (exact) mass is 235 g/mol. The predicted octanol–water partition coefficient (Wildman–Crippen LogP) is 4.04. The molecule has 0 radical (unpaired) electrons. The lowest BCUT2D eigenvalue weighted by molar-refractivity contribution is 1.11. The molecule has 76 valence electrons. The summed E-state index contributed by atoms with van der Waals surface area (Å²) in [4.78, 5) is 1.16. The Bertz CT molecular complexity index is 504. The van der Waals surface area contributed by atoms with Crippen LogP contribution in [0.1, 0.15) is 5.56 Å². The van der Waals surface area contributed by atoms with E-state index in [1.54, 1.807) is 11.3 Å². The zero-order chi connectivity index (χ0) is 10.3. The summed E-state index contributed by atoms with van der Waals surface area (Å²) in [5, 5.41) is 6.25. The van der Waals surface area contributed by atoms with Crippen molar-refractivity contribution < 1.29 is 0 Å². The number of thiophene rings is 1. The number of halogens is 1. The van der Waals surface area contributed by atoms with Crippen molar-refractivity contribution in [2.45, 2.75) is 6.42 Å². The molecule has 15 heavy (non-hydrogen) atoms. The molecule has 0 saturated heterocycles. The first-order valence-corrected chi connectivity index (χ1v) is 6.20. The summed E-state index contributed by atoms with van der Waals surface area (Å²) in [6, 6.07) is 8.49. The summed E-state index contributed by atoms with van der Waals surface area (Å²) >= 11 is 7.80. The van der Waals surface area contributed by atoms with E-state index in [2.05, 4.69) is 23.5 Å². The third kappa shape index (κ3) is 1.54. The Kier molecular flexibility index (Phi) is 2.19. The van der Waals surface area contributed by atoms with Gasteiger partial charge in [-0.25, -0.2) is 0 Å². The second-order valence-electron chi connectivity index (χ2n) is 3.65. The van der Waals surface area contributed by atoms with Crippen LogP contribution in [-0.2, 0) is 6.42 Å². The van der Waals surface area contributed by atoms with Crippen LogP contribution >= 0.6 is 22.9 Å². The summed E-state index contributed by atoms with van der Waals surface area (Å²) < 4.78 is 0. The second kappa shape index (κ2) is 3.54. The highest BCUT2D eigenvalue weighted by atomic mass is 35.5. The molecule has 0 amide bonds. The van der Waals surface area contributed by atoms with Crippen molar-refractivity contribution >= 4 is 28.6 Å². The minimum atomic E-state index is 0.845. The largest absolute Gasteiger partial charge is 0.384 e. The molecule has 0 saturated carbocycles. The zero-order valence-electron chi connectivity index (χ0n) is 8.09. The molecule has 3 heteroatoms. The van der Waals surface area contributed by atoms with Gasteiger partial charge in [-0.2, -0.15) is 0 Å². The van der Waals surface area contributed by atoms with Crippen molar-refractivity contribution in [1.82, 2.24) is 0 Å². The van der Waals surface area contributed by atoms with Crippen LogP contribution in [0.4, 0.5) is 5.69 Å². The Hall–Kier alpha value is -0.990. The number of anilines is 1. The Morgan fingerprint density at radius 1 is 1.27 bits per heavy atom. The zero-order valence-corrected chi connectivity index (χ0v) is 9.66. The number of nitrogens with one attached hydrogen (secondary N) is 1. The third-order valence-electron chi connectivity index (χ3n) is 2.70. The standard InChI is InChI=1S/C12H10ClNS/c13-10-4-6-15-12(10)9-2-1-8-3-5-14-11(8)7-9/h1-2,4,6-7,14H,3,5H2. The van der Waals surface area contributed by atoms with Gasteiger partial charge < -0.3 is 5.32 Å². The van der Waals surface area contributed by atoms with E-state index in [1.807, 2.05) is 11.4 Å². The van der Waals surface area contributed by atoms with Crippen molar-refractivity contribution in [2.75, 3.05) is 11.9 Å². The van der Waals surface area contributed by atoms with Crippen LogP contribution in [-0.4, -0.2) is 6.54 Å². The fraction of sp³-hybridized carbons (Fsp3) is 0.167. The molecule has 1 aliphatic heterocycles. The smallest absolute Gasteiger partial charge is 0.0592 e. The maximum absolute atomic E-state index is 6.12. The molecule has 2 aromatic rings. The maximum Gasteiger partial charge on any atom is 0.0592 e. The first-order chi connectivity index (χ1) is 7.34. The van der Waals surface area contributed by atoms with Crippen LogP contribution in [0.25, 0.3) is 10.4 Å². The van der Waals surface area contributed by atoms with Gasteiger partial charge in [-0.3, -0.25) is 0 Å². The van der Waals surface area contributed by atoms with E-state index >= 15 is 0 Å². The quantitative estimate of drug-likeness (QED) is 0.787. The summed E-state index contributed by atoms with van der Waals surface area (Å²) in [5.74, 6) is 0. The topological polar surface area (TPSA) is 12.0 Å². The fourth-order valence-corrected chi connectivity index (χ4v) is 3.10. The van der Waals surface area contributed by atoms with Gasteiger partial charge in [0.15, 0.2) is 0 Å². The molecule has 0 atom stereocenters. The fourth-order valence-electron chi connectivity index (χ4n) is 1.93. The molecule has 0 aliphatic carbocycles. The first kappa shape index (κ1) is 9.25. The highest BCUT2D eigenvalue weighted by Gasteiger charge is 2.12. The summed E-state index contributed by atoms with van der Waals surface area (Å²) in [6.07, 6.45) is 1.13. The predicted molar refractivity (Wildman–Crippen MR) is 67.0 cm³/mol. The highest BCUT2D eigenvalue weighted by molar-refractivity contribution is 7.14. The average molecular weight is 236 g/mol. The van der Waals surface area contributed by atoms with Crippen molar-refractivity contribution in [3.05, 3.63) is 40.2 Å². The number of hydrogen-bond acceptors (Lipinski definition) is 2. The summed E-state index contributed by atoms with van der Waals surface area (Å²) in [5.41, 5.74) is 3.88. The van der Waals surface area contributed by atoms with Crippen LogP contribution in [0, 0.1) is 0 Å². The average Bonchev–Trinajstić information content (AvgIpc) is 2.84. The van der Waals surface area contributed by atoms with Gasteiger partial charge in [0.1, 0.15) is 0 Å². The van der Waals surface area contributed by atoms with Gasteiger partial charge >= 0.3 is 0 Å². The maximum atomic E-state index is 6.12. The lowest BCUT2D eigenvalue weighted by Crippen LogP contribution is -1.90. The van der Waals surface area contributed by atoms with E-state index in [-0.39, 0.29) is 0 Å². The number of fused-ring (bicyclic) bond motifs is 1. The normalized spacial score (nSPS) is 13.7. The molecule has 1 aromatic carbocycles. The molecule has 1 nitrogen and oxygen atoms in total. The third-order valence-corrected chi connectivity index (χ3v) is 4.09. The SMILES string of the molecule is Clc1ccsc1-c1ccc2c(c1)NCC2. The minimum absolute atomic E-state index is 0.845. The van der Waals surface area contributed by atoms with Gasteiger partial charge in [0, 0.05) is 12.2 Å². The van der Waals surface area contributed by atoms with Gasteiger partial charge in [-0.15, -0.1) is 11.3 Å². The van der Waals surface area contributed by atoms with E-state index < -0.39 is 0 Å². The molecule has 1 aliphatic rings. The molecule has 3 rings (SSSR count). The lowest BCUT2D eigenvalue weighted by Gasteiger charge is -2.03. The molecule has 0 bridgehead atoms. The molecule has 1 N–H and O–H groups in total. The van der Waals surface area contributed by atoms with E-state index in [4.69, 9.17) is 11.6 Å². The Morgan fingerprint density at radius 2 is 2.20 bits per heavy atom. The molecule has 0 spiro atoms. The Morgan fingerprint density at radius 3 is 3.00 bits per heavy atom. The lowest BCUT2D eigenvalue weighted by atomic mass is 10.1. The van der Waals surface area contributed by atoms with Crippen LogP contribution < -0.4 is 5.32 Å². The molecule has 0 fully saturated rings. The summed E-state index contributed by atoms with van der Waals surface area (Å²) in [6.45, 7) is 1.05. The molecular weight excluding hydrogens is 226 g/mol. The van der Waals surface area contributed by atoms with Gasteiger partial charge in [0.05, 0.1) is 9.90 Å². The first-order valence-electron chi connectivity index (χ1n) is 4.95. The van der Waals surface area contributed by atoms with E-state index in [0.717, 1.165) is 22.9 Å². The van der Waals surface area contributed by atoms with Crippen LogP contribution in [0.3, 0.4) is 0 Å². The van der Waals surface area contributed by atoms with Crippen LogP contribution in [0.5, 0.6) is 0 Å².